The fraction of sp³-hybridized carbons (Fsp3) is 0.312. The van der Waals surface area contributed by atoms with Gasteiger partial charge in [0.25, 0.3) is 0 Å². The van der Waals surface area contributed by atoms with Crippen molar-refractivity contribution in [2.45, 2.75) is 20.4 Å². The van der Waals surface area contributed by atoms with Gasteiger partial charge in [0.15, 0.2) is 0 Å². The molecule has 2 aromatic rings. The SMILES string of the molecule is CCN(Cc1ccnc(NC)c1)c1ccc(C)cc1. The lowest BCUT2D eigenvalue weighted by Crippen LogP contribution is -2.22. The Morgan fingerprint density at radius 1 is 1.16 bits per heavy atom. The van der Waals surface area contributed by atoms with Gasteiger partial charge in [-0.15, -0.1) is 0 Å². The highest BCUT2D eigenvalue weighted by Crippen LogP contribution is 2.18. The lowest BCUT2D eigenvalue weighted by molar-refractivity contribution is 0.830. The zero-order chi connectivity index (χ0) is 13.7. The Hall–Kier alpha value is -2.03. The molecule has 1 aromatic carbocycles. The molecule has 0 fully saturated rings. The number of benzene rings is 1. The molecular formula is C16H21N3. The van der Waals surface area contributed by atoms with Crippen molar-refractivity contribution >= 4 is 11.5 Å². The van der Waals surface area contributed by atoms with Crippen LogP contribution in [0.2, 0.25) is 0 Å². The highest BCUT2D eigenvalue weighted by Gasteiger charge is 2.05. The minimum atomic E-state index is 0.900. The van der Waals surface area contributed by atoms with Crippen LogP contribution < -0.4 is 10.2 Å². The molecule has 0 saturated carbocycles. The van der Waals surface area contributed by atoms with Crippen LogP contribution in [0.25, 0.3) is 0 Å². The van der Waals surface area contributed by atoms with Gasteiger partial charge in [0.05, 0.1) is 0 Å². The predicted molar refractivity (Wildman–Crippen MR) is 81.7 cm³/mol. The van der Waals surface area contributed by atoms with Crippen LogP contribution >= 0.6 is 0 Å². The number of nitrogens with zero attached hydrogens (tertiary/aromatic N) is 2. The first-order chi connectivity index (χ1) is 9.22. The van der Waals surface area contributed by atoms with Crippen molar-refractivity contribution in [3.05, 3.63) is 53.7 Å². The summed E-state index contributed by atoms with van der Waals surface area (Å²) in [5, 5.41) is 3.08. The smallest absolute Gasteiger partial charge is 0.125 e. The molecule has 0 aliphatic carbocycles. The lowest BCUT2D eigenvalue weighted by Gasteiger charge is -2.23. The van der Waals surface area contributed by atoms with Crippen LogP contribution in [0.5, 0.6) is 0 Å². The van der Waals surface area contributed by atoms with E-state index in [1.807, 2.05) is 13.2 Å². The fourth-order valence-corrected chi connectivity index (χ4v) is 2.07. The van der Waals surface area contributed by atoms with E-state index in [4.69, 9.17) is 0 Å². The highest BCUT2D eigenvalue weighted by atomic mass is 15.1. The summed E-state index contributed by atoms with van der Waals surface area (Å²) in [7, 11) is 1.89. The number of aromatic nitrogens is 1. The molecule has 0 amide bonds. The van der Waals surface area contributed by atoms with Crippen LogP contribution in [0.3, 0.4) is 0 Å². The molecule has 0 aliphatic rings. The van der Waals surface area contributed by atoms with Crippen molar-refractivity contribution in [3.63, 3.8) is 0 Å². The van der Waals surface area contributed by atoms with Crippen LogP contribution in [0.4, 0.5) is 11.5 Å². The monoisotopic (exact) mass is 255 g/mol. The molecule has 0 spiro atoms. The van der Waals surface area contributed by atoms with Gasteiger partial charge in [0, 0.05) is 32.0 Å². The molecule has 0 bridgehead atoms. The second-order valence-electron chi connectivity index (χ2n) is 4.65. The second kappa shape index (κ2) is 6.23. The molecule has 3 heteroatoms. The predicted octanol–water partition coefficient (Wildman–Crippen LogP) is 3.46. The average Bonchev–Trinajstić information content (AvgIpc) is 2.46. The minimum absolute atomic E-state index is 0.900. The van der Waals surface area contributed by atoms with Crippen molar-refractivity contribution in [2.24, 2.45) is 0 Å². The van der Waals surface area contributed by atoms with Crippen LogP contribution in [-0.2, 0) is 6.54 Å². The normalized spacial score (nSPS) is 10.3. The van der Waals surface area contributed by atoms with E-state index in [9.17, 15) is 0 Å². The maximum absolute atomic E-state index is 4.25. The molecule has 0 radical (unpaired) electrons. The summed E-state index contributed by atoms with van der Waals surface area (Å²) in [6, 6.07) is 12.8. The molecule has 0 saturated heterocycles. The number of rotatable bonds is 5. The van der Waals surface area contributed by atoms with Gasteiger partial charge >= 0.3 is 0 Å². The first kappa shape index (κ1) is 13.4. The van der Waals surface area contributed by atoms with Crippen molar-refractivity contribution in [1.82, 2.24) is 4.98 Å². The van der Waals surface area contributed by atoms with Crippen molar-refractivity contribution in [2.75, 3.05) is 23.8 Å². The topological polar surface area (TPSA) is 28.2 Å². The molecule has 0 aliphatic heterocycles. The van der Waals surface area contributed by atoms with E-state index in [1.54, 1.807) is 0 Å². The Bertz CT molecular complexity index is 520. The summed E-state index contributed by atoms with van der Waals surface area (Å²) in [5.41, 5.74) is 3.82. The first-order valence-corrected chi connectivity index (χ1v) is 6.67. The molecule has 100 valence electrons. The van der Waals surface area contributed by atoms with E-state index in [-0.39, 0.29) is 0 Å². The number of aryl methyl sites for hydroxylation is 1. The van der Waals surface area contributed by atoms with Crippen molar-refractivity contribution < 1.29 is 0 Å². The fourth-order valence-electron chi connectivity index (χ4n) is 2.07. The zero-order valence-corrected chi connectivity index (χ0v) is 11.9. The first-order valence-electron chi connectivity index (χ1n) is 6.67. The van der Waals surface area contributed by atoms with Gasteiger partial charge in [-0.25, -0.2) is 4.98 Å². The van der Waals surface area contributed by atoms with Gasteiger partial charge in [0.2, 0.25) is 0 Å². The summed E-state index contributed by atoms with van der Waals surface area (Å²) >= 11 is 0. The highest BCUT2D eigenvalue weighted by molar-refractivity contribution is 5.48. The Morgan fingerprint density at radius 3 is 2.53 bits per heavy atom. The Balaban J connectivity index is 2.16. The summed E-state index contributed by atoms with van der Waals surface area (Å²) in [4.78, 5) is 6.60. The maximum Gasteiger partial charge on any atom is 0.125 e. The summed E-state index contributed by atoms with van der Waals surface area (Å²) in [6.45, 7) is 6.18. The van der Waals surface area contributed by atoms with E-state index in [0.29, 0.717) is 0 Å². The summed E-state index contributed by atoms with van der Waals surface area (Å²) in [5.74, 6) is 0.914. The standard InChI is InChI=1S/C16H21N3/c1-4-19(15-7-5-13(2)6-8-15)12-14-9-10-18-16(11-14)17-3/h5-11H,4,12H2,1-3H3,(H,17,18). The maximum atomic E-state index is 4.25. The molecule has 0 unspecified atom stereocenters. The number of anilines is 2. The van der Waals surface area contributed by atoms with Gasteiger partial charge in [-0.05, 0) is 43.7 Å². The minimum Gasteiger partial charge on any atom is -0.373 e. The third kappa shape index (κ3) is 3.47. The van der Waals surface area contributed by atoms with E-state index in [0.717, 1.165) is 18.9 Å². The summed E-state index contributed by atoms with van der Waals surface area (Å²) in [6.07, 6.45) is 1.85. The Kier molecular flexibility index (Phi) is 4.39. The average molecular weight is 255 g/mol. The zero-order valence-electron chi connectivity index (χ0n) is 11.9. The summed E-state index contributed by atoms with van der Waals surface area (Å²) < 4.78 is 0. The Morgan fingerprint density at radius 2 is 1.89 bits per heavy atom. The van der Waals surface area contributed by atoms with Gasteiger partial charge in [0.1, 0.15) is 5.82 Å². The van der Waals surface area contributed by atoms with Gasteiger partial charge in [-0.3, -0.25) is 0 Å². The van der Waals surface area contributed by atoms with Crippen LogP contribution in [-0.4, -0.2) is 18.6 Å². The largest absolute Gasteiger partial charge is 0.373 e. The third-order valence-electron chi connectivity index (χ3n) is 3.23. The van der Waals surface area contributed by atoms with Crippen LogP contribution in [0, 0.1) is 6.92 Å². The Labute approximate surface area is 115 Å². The number of pyridine rings is 1. The third-order valence-corrected chi connectivity index (χ3v) is 3.23. The number of hydrogen-bond acceptors (Lipinski definition) is 3. The number of hydrogen-bond donors (Lipinski definition) is 1. The van der Waals surface area contributed by atoms with Crippen molar-refractivity contribution in [3.8, 4) is 0 Å². The van der Waals surface area contributed by atoms with E-state index < -0.39 is 0 Å². The molecule has 1 N–H and O–H groups in total. The van der Waals surface area contributed by atoms with Gasteiger partial charge in [-0.1, -0.05) is 17.7 Å². The lowest BCUT2D eigenvalue weighted by atomic mass is 10.2. The molecule has 1 aromatic heterocycles. The molecular weight excluding hydrogens is 234 g/mol. The quantitative estimate of drug-likeness (QED) is 0.887. The molecule has 19 heavy (non-hydrogen) atoms. The van der Waals surface area contributed by atoms with Crippen LogP contribution in [0.15, 0.2) is 42.6 Å². The van der Waals surface area contributed by atoms with Crippen LogP contribution in [0.1, 0.15) is 18.1 Å². The van der Waals surface area contributed by atoms with Gasteiger partial charge in [-0.2, -0.15) is 0 Å². The van der Waals surface area contributed by atoms with Crippen molar-refractivity contribution in [1.29, 1.82) is 0 Å². The van der Waals surface area contributed by atoms with E-state index in [1.165, 1.54) is 16.8 Å². The van der Waals surface area contributed by atoms with Gasteiger partial charge < -0.3 is 10.2 Å². The molecule has 0 atom stereocenters. The van der Waals surface area contributed by atoms with E-state index in [2.05, 4.69) is 65.4 Å². The molecule has 2 rings (SSSR count). The second-order valence-corrected chi connectivity index (χ2v) is 4.65. The van der Waals surface area contributed by atoms with E-state index >= 15 is 0 Å². The molecule has 3 nitrogen and oxygen atoms in total. The number of nitrogens with one attached hydrogen (secondary N) is 1. The molecule has 1 heterocycles.